The van der Waals surface area contributed by atoms with Crippen LogP contribution in [0.5, 0.6) is 0 Å². The van der Waals surface area contributed by atoms with E-state index in [0.29, 0.717) is 190 Å². The molecule has 0 radical (unpaired) electrons. The van der Waals surface area contributed by atoms with Gasteiger partial charge in [0.2, 0.25) is 34.7 Å². The van der Waals surface area contributed by atoms with E-state index in [1.54, 1.807) is 127 Å². The summed E-state index contributed by atoms with van der Waals surface area (Å²) < 4.78 is 0. The highest BCUT2D eigenvalue weighted by Crippen LogP contribution is 2.35. The number of Topliss-reactive ketones (excluding diaryl/α,β-unsaturated/α-hetero) is 10. The second-order valence-electron chi connectivity index (χ2n) is 30.5. The SMILES string of the molecule is C=CCCC1=C(N2CCN(CC)CC2)C(=O)c2ccccc2C1=O.C=CCCC1=C(NCCCN(CC)CC)C(=O)c2ccccc2C1=O.C=CCCC1=C(NCCCN2CCCCC2)C(=O)c2ccccc2C1=O.C=CCNC1=C(Cc2ccccc2)C(=O)c2ccccc2C1=O.C=CCNC1=C(NCCN(CC)CC)C(=O)c2ccccc2C1=O. The van der Waals surface area contributed by atoms with E-state index >= 15 is 0 Å². The number of ketones is 10. The van der Waals surface area contributed by atoms with Crippen LogP contribution < -0.4 is 26.6 Å². The number of fused-ring (bicyclic) bond motifs is 5. The molecule has 20 nitrogen and oxygen atoms in total. The molecule has 0 unspecified atom stereocenters. The van der Waals surface area contributed by atoms with Crippen molar-refractivity contribution in [3.05, 3.63) is 333 Å². The number of likely N-dealkylation sites (tertiary alicyclic amines) is 1. The van der Waals surface area contributed by atoms with Gasteiger partial charge in [-0.2, -0.15) is 0 Å². The second kappa shape index (κ2) is 48.5. The smallest absolute Gasteiger partial charge is 0.211 e. The molecule has 640 valence electrons. The van der Waals surface area contributed by atoms with E-state index in [0.717, 1.165) is 96.9 Å². The van der Waals surface area contributed by atoms with Crippen LogP contribution in [0.15, 0.2) is 271 Å². The Balaban J connectivity index is 0.000000173. The van der Waals surface area contributed by atoms with Gasteiger partial charge >= 0.3 is 0 Å². The fraction of sp³-hybridized carbons (Fsp3) is 0.353. The Morgan fingerprint density at radius 1 is 0.320 bits per heavy atom. The van der Waals surface area contributed by atoms with Gasteiger partial charge in [-0.1, -0.05) is 223 Å². The fourth-order valence-electron chi connectivity index (χ4n) is 16.0. The molecule has 2 heterocycles. The third-order valence-corrected chi connectivity index (χ3v) is 22.8. The van der Waals surface area contributed by atoms with Gasteiger partial charge in [-0.15, -0.1) is 32.9 Å². The molecule has 0 bridgehead atoms. The number of allylic oxidation sites excluding steroid dienone is 13. The van der Waals surface area contributed by atoms with Crippen LogP contribution in [0.1, 0.15) is 214 Å². The van der Waals surface area contributed by atoms with Crippen LogP contribution in [-0.2, 0) is 6.42 Å². The van der Waals surface area contributed by atoms with Gasteiger partial charge in [-0.3, -0.25) is 47.9 Å². The van der Waals surface area contributed by atoms with E-state index in [9.17, 15) is 47.9 Å². The Morgan fingerprint density at radius 3 is 1.07 bits per heavy atom. The van der Waals surface area contributed by atoms with Crippen molar-refractivity contribution in [2.45, 2.75) is 112 Å². The average molecular weight is 1650 g/mol. The van der Waals surface area contributed by atoms with Gasteiger partial charge in [0.15, 0.2) is 23.1 Å². The molecule has 0 aromatic heterocycles. The molecule has 122 heavy (non-hydrogen) atoms. The lowest BCUT2D eigenvalue weighted by atomic mass is 9.84. The lowest BCUT2D eigenvalue weighted by molar-refractivity contribution is 0.0905. The van der Waals surface area contributed by atoms with E-state index in [1.165, 1.54) is 32.4 Å². The Morgan fingerprint density at radius 2 is 0.656 bits per heavy atom. The third-order valence-electron chi connectivity index (χ3n) is 22.8. The predicted octanol–water partition coefficient (Wildman–Crippen LogP) is 15.6. The summed E-state index contributed by atoms with van der Waals surface area (Å²) in [6.45, 7) is 45.7. The van der Waals surface area contributed by atoms with Crippen LogP contribution in [-0.4, -0.2) is 207 Å². The van der Waals surface area contributed by atoms with Crippen molar-refractivity contribution in [2.75, 3.05) is 124 Å². The lowest BCUT2D eigenvalue weighted by Crippen LogP contribution is -2.48. The zero-order valence-corrected chi connectivity index (χ0v) is 72.1. The van der Waals surface area contributed by atoms with Crippen LogP contribution in [0.4, 0.5) is 0 Å². The van der Waals surface area contributed by atoms with Gasteiger partial charge in [0, 0.05) is 150 Å². The number of carbonyl (C=O) groups excluding carboxylic acids is 10. The maximum atomic E-state index is 13.1. The molecule has 0 spiro atoms. The summed E-state index contributed by atoms with van der Waals surface area (Å²) in [5, 5.41) is 15.8. The minimum Gasteiger partial charge on any atom is -0.381 e. The van der Waals surface area contributed by atoms with E-state index < -0.39 is 0 Å². The number of rotatable bonds is 37. The minimum absolute atomic E-state index is 0.0000267. The van der Waals surface area contributed by atoms with Crippen molar-refractivity contribution >= 4 is 57.8 Å². The van der Waals surface area contributed by atoms with Crippen molar-refractivity contribution in [1.82, 2.24) is 51.1 Å². The minimum atomic E-state index is -0.155. The third kappa shape index (κ3) is 24.0. The highest BCUT2D eigenvalue weighted by Gasteiger charge is 2.38. The summed E-state index contributed by atoms with van der Waals surface area (Å²) in [6, 6.07) is 45.0. The Kier molecular flexibility index (Phi) is 37.3. The van der Waals surface area contributed by atoms with Crippen LogP contribution >= 0.6 is 0 Å². The molecule has 0 amide bonds. The maximum Gasteiger partial charge on any atom is 0.211 e. The van der Waals surface area contributed by atoms with Gasteiger partial charge in [0.25, 0.3) is 0 Å². The molecular weight excluding hydrogens is 1530 g/mol. The number of nitrogens with zero attached hydrogens (tertiary/aromatic N) is 5. The summed E-state index contributed by atoms with van der Waals surface area (Å²) in [4.78, 5) is 140. The molecule has 0 saturated carbocycles. The first kappa shape index (κ1) is 93.9. The molecule has 5 aliphatic carbocycles. The first-order chi connectivity index (χ1) is 59.4. The Labute approximate surface area is 721 Å². The standard InChI is InChI=1S/C22H28N2O2.C21H28N2O2.C20H24N2O2.C20H17NO2.C19H25N3O2/c1-2-3-10-19-20(23-13-9-16-24-14-7-4-8-15-24)22(26)18-12-6-5-11-17(18)21(19)25;1-4-7-11-18-19(22-14-10-15-23(5-2)6-3)21(25)17-13-9-8-12-16(17)20(18)24;1-3-5-8-17-18(22-13-11-21(4-2)12-14-22)20(24)16-10-7-6-9-15(16)19(17)23;1-2-12-21-18-17(13-14-8-4-3-5-9-14)19(22)15-10-6-7-11-16(15)20(18)23;1-4-11-20-16-17(21-12-13-22(5-2)6-3)19(24)15-10-8-7-9-14(15)18(16)23/h2,5-6,11-12,23H,1,3-4,7-10,13-16H2;4,8-9,12-13,22H,1,5-7,10-11,14-15H2,2-3H3;3,6-7,9-10H,1,4-5,8,11-14H2,2H3;2-11,21H,1,12-13H2;4,7-10,20-21H,1,5-6,11-13H2,2-3H3. The molecule has 7 aliphatic rings. The fourth-order valence-corrected chi connectivity index (χ4v) is 16.0. The Hall–Kier alpha value is -11.9. The monoisotopic (exact) mass is 1650 g/mol. The maximum absolute atomic E-state index is 13.1. The number of hydrogen-bond donors (Lipinski definition) is 5. The Bertz CT molecular complexity index is 4970. The first-order valence-electron chi connectivity index (χ1n) is 43.4. The number of hydrogen-bond acceptors (Lipinski definition) is 20. The van der Waals surface area contributed by atoms with Crippen molar-refractivity contribution < 1.29 is 47.9 Å². The van der Waals surface area contributed by atoms with Gasteiger partial charge in [-0.25, -0.2) is 0 Å². The molecule has 2 aliphatic heterocycles. The summed E-state index contributed by atoms with van der Waals surface area (Å²) in [5.74, 6) is -0.718. The van der Waals surface area contributed by atoms with Crippen molar-refractivity contribution in [3.63, 3.8) is 0 Å². The van der Waals surface area contributed by atoms with E-state index in [2.05, 4.69) is 119 Å². The van der Waals surface area contributed by atoms with Crippen LogP contribution in [0.25, 0.3) is 0 Å². The molecule has 6 aromatic carbocycles. The number of piperidine rings is 1. The average Bonchev–Trinajstić information content (AvgIpc) is 0.775. The first-order valence-corrected chi connectivity index (χ1v) is 43.4. The quantitative estimate of drug-likeness (QED) is 0.0180. The van der Waals surface area contributed by atoms with Crippen molar-refractivity contribution in [3.8, 4) is 0 Å². The summed E-state index contributed by atoms with van der Waals surface area (Å²) in [6.07, 6.45) is 18.7. The van der Waals surface area contributed by atoms with Gasteiger partial charge < -0.3 is 51.1 Å². The molecule has 20 heteroatoms. The van der Waals surface area contributed by atoms with Gasteiger partial charge in [-0.05, 0) is 129 Å². The largest absolute Gasteiger partial charge is 0.381 e. The van der Waals surface area contributed by atoms with Crippen LogP contribution in [0, 0.1) is 0 Å². The number of carbonyl (C=O) groups is 10. The number of benzene rings is 6. The summed E-state index contributed by atoms with van der Waals surface area (Å²) >= 11 is 0. The molecule has 2 fully saturated rings. The summed E-state index contributed by atoms with van der Waals surface area (Å²) in [7, 11) is 0. The number of likely N-dealkylation sites (N-methyl/N-ethyl adjacent to an activating group) is 2. The van der Waals surface area contributed by atoms with E-state index in [1.807, 2.05) is 54.6 Å². The molecular formula is C102H122N10O10. The topological polar surface area (TPSA) is 247 Å². The predicted molar refractivity (Wildman–Crippen MR) is 488 cm³/mol. The van der Waals surface area contributed by atoms with E-state index in [-0.39, 0.29) is 57.8 Å². The molecule has 5 N–H and O–H groups in total. The summed E-state index contributed by atoms with van der Waals surface area (Å²) in [5.41, 5.74) is 11.0. The van der Waals surface area contributed by atoms with Crippen LogP contribution in [0.3, 0.4) is 0 Å². The zero-order valence-electron chi connectivity index (χ0n) is 72.1. The lowest BCUT2D eigenvalue weighted by Gasteiger charge is -2.38. The second-order valence-corrected chi connectivity index (χ2v) is 30.5. The highest BCUT2D eigenvalue weighted by molar-refractivity contribution is 6.30. The molecule has 13 rings (SSSR count). The molecule has 2 saturated heterocycles. The van der Waals surface area contributed by atoms with E-state index in [4.69, 9.17) is 0 Å². The number of piperazine rings is 1. The van der Waals surface area contributed by atoms with Gasteiger partial charge in [0.1, 0.15) is 11.4 Å². The van der Waals surface area contributed by atoms with Crippen molar-refractivity contribution in [2.24, 2.45) is 0 Å². The van der Waals surface area contributed by atoms with Gasteiger partial charge in [0.05, 0.1) is 22.8 Å². The van der Waals surface area contributed by atoms with Crippen molar-refractivity contribution in [1.29, 1.82) is 0 Å². The van der Waals surface area contributed by atoms with Crippen LogP contribution in [0.2, 0.25) is 0 Å². The zero-order chi connectivity index (χ0) is 87.5. The highest BCUT2D eigenvalue weighted by atomic mass is 16.2. The molecule has 6 aromatic rings. The molecule has 0 atom stereocenters. The number of nitrogens with one attached hydrogen (secondary N) is 5. The normalized spacial score (nSPS) is 15.7.